The normalized spacial score (nSPS) is 11.6. The van der Waals surface area contributed by atoms with E-state index in [0.717, 1.165) is 26.6 Å². The highest BCUT2D eigenvalue weighted by molar-refractivity contribution is 7.93. The molecule has 40 heavy (non-hydrogen) atoms. The summed E-state index contributed by atoms with van der Waals surface area (Å²) in [5.74, 6) is -0.579. The van der Waals surface area contributed by atoms with Crippen molar-refractivity contribution in [1.29, 1.82) is 0 Å². The Bertz CT molecular complexity index is 1750. The molecule has 4 aromatic carbocycles. The monoisotopic (exact) mass is 577 g/mol. The summed E-state index contributed by atoms with van der Waals surface area (Å²) in [5.41, 5.74) is 4.55. The second kappa shape index (κ2) is 11.5. The number of hydrogen-bond acceptors (Lipinski definition) is 5. The molecule has 0 aromatic heterocycles. The molecule has 0 spiro atoms. The molecule has 4 aromatic rings. The predicted molar refractivity (Wildman–Crippen MR) is 159 cm³/mol. The highest BCUT2D eigenvalue weighted by Crippen LogP contribution is 2.29. The lowest BCUT2D eigenvalue weighted by Gasteiger charge is -2.26. The van der Waals surface area contributed by atoms with Crippen molar-refractivity contribution in [2.24, 2.45) is 0 Å². The summed E-state index contributed by atoms with van der Waals surface area (Å²) in [7, 11) is -7.92. The molecule has 2 N–H and O–H groups in total. The van der Waals surface area contributed by atoms with E-state index in [2.05, 4.69) is 10.0 Å². The lowest BCUT2D eigenvalue weighted by Crippen LogP contribution is -2.38. The van der Waals surface area contributed by atoms with Gasteiger partial charge in [0.2, 0.25) is 5.91 Å². The van der Waals surface area contributed by atoms with Crippen LogP contribution in [-0.4, -0.2) is 29.3 Å². The van der Waals surface area contributed by atoms with E-state index in [1.165, 1.54) is 36.4 Å². The minimum absolute atomic E-state index is 0.0232. The van der Waals surface area contributed by atoms with Crippen LogP contribution in [0.25, 0.3) is 0 Å². The Labute approximate surface area is 235 Å². The standard InChI is InChI=1S/C30H31N3O5S2/c1-21-13-14-23(3)28(19-21)32-39(35,36)26-17-15-25(16-18-26)31-30(34)20-33(29-12-8-9-22(2)24(29)4)40(37,38)27-10-6-5-7-11-27/h5-19,32H,20H2,1-4H3,(H,31,34). The molecule has 208 valence electrons. The molecule has 0 aliphatic heterocycles. The largest absolute Gasteiger partial charge is 0.325 e. The van der Waals surface area contributed by atoms with Gasteiger partial charge < -0.3 is 5.32 Å². The molecule has 0 aliphatic carbocycles. The average molecular weight is 578 g/mol. The number of hydrogen-bond donors (Lipinski definition) is 2. The van der Waals surface area contributed by atoms with Gasteiger partial charge in [-0.2, -0.15) is 0 Å². The fourth-order valence-electron chi connectivity index (χ4n) is 4.12. The van der Waals surface area contributed by atoms with Crippen molar-refractivity contribution in [1.82, 2.24) is 0 Å². The molecule has 0 saturated heterocycles. The number of aryl methyl sites for hydroxylation is 3. The van der Waals surface area contributed by atoms with Crippen molar-refractivity contribution in [3.8, 4) is 0 Å². The zero-order chi connectivity index (χ0) is 29.1. The third kappa shape index (κ3) is 6.35. The van der Waals surface area contributed by atoms with E-state index in [4.69, 9.17) is 0 Å². The maximum atomic E-state index is 13.6. The Morgan fingerprint density at radius 2 is 1.40 bits per heavy atom. The van der Waals surface area contributed by atoms with Gasteiger partial charge >= 0.3 is 0 Å². The first-order valence-corrected chi connectivity index (χ1v) is 15.4. The van der Waals surface area contributed by atoms with Crippen LogP contribution >= 0.6 is 0 Å². The van der Waals surface area contributed by atoms with Crippen molar-refractivity contribution in [2.45, 2.75) is 37.5 Å². The van der Waals surface area contributed by atoms with E-state index in [0.29, 0.717) is 17.1 Å². The van der Waals surface area contributed by atoms with Gasteiger partial charge in [-0.1, -0.05) is 42.5 Å². The summed E-state index contributed by atoms with van der Waals surface area (Å²) in [5, 5.41) is 2.68. The zero-order valence-electron chi connectivity index (χ0n) is 22.7. The van der Waals surface area contributed by atoms with Crippen molar-refractivity contribution < 1.29 is 21.6 Å². The van der Waals surface area contributed by atoms with Crippen LogP contribution in [0.15, 0.2) is 101 Å². The molecule has 0 unspecified atom stereocenters. The maximum absolute atomic E-state index is 13.6. The van der Waals surface area contributed by atoms with Crippen LogP contribution in [0.4, 0.5) is 17.1 Å². The number of nitrogens with one attached hydrogen (secondary N) is 2. The highest BCUT2D eigenvalue weighted by atomic mass is 32.2. The van der Waals surface area contributed by atoms with Gasteiger partial charge in [0.05, 0.1) is 21.2 Å². The van der Waals surface area contributed by atoms with Gasteiger partial charge in [0, 0.05) is 5.69 Å². The summed E-state index contributed by atoms with van der Waals surface area (Å²) in [6.07, 6.45) is 0. The number of carbonyl (C=O) groups is 1. The Morgan fingerprint density at radius 1 is 0.725 bits per heavy atom. The molecule has 0 saturated carbocycles. The van der Waals surface area contributed by atoms with Crippen molar-refractivity contribution in [3.63, 3.8) is 0 Å². The maximum Gasteiger partial charge on any atom is 0.264 e. The molecule has 0 heterocycles. The van der Waals surface area contributed by atoms with Gasteiger partial charge in [0.25, 0.3) is 20.0 Å². The van der Waals surface area contributed by atoms with Gasteiger partial charge in [0.15, 0.2) is 0 Å². The molecule has 10 heteroatoms. The SMILES string of the molecule is Cc1ccc(C)c(NS(=O)(=O)c2ccc(NC(=O)CN(c3cccc(C)c3C)S(=O)(=O)c3ccccc3)cc2)c1. The molecule has 0 aliphatic rings. The number of sulfonamides is 2. The summed E-state index contributed by atoms with van der Waals surface area (Å²) in [6.45, 7) is 6.89. The lowest BCUT2D eigenvalue weighted by atomic mass is 10.1. The zero-order valence-corrected chi connectivity index (χ0v) is 24.3. The van der Waals surface area contributed by atoms with Crippen LogP contribution in [0, 0.1) is 27.7 Å². The number of rotatable bonds is 9. The molecule has 0 fully saturated rings. The van der Waals surface area contributed by atoms with E-state index in [-0.39, 0.29) is 9.79 Å². The van der Waals surface area contributed by atoms with E-state index in [1.807, 2.05) is 45.9 Å². The first kappa shape index (κ1) is 28.8. The first-order valence-electron chi connectivity index (χ1n) is 12.5. The third-order valence-electron chi connectivity index (χ3n) is 6.55. The van der Waals surface area contributed by atoms with Gasteiger partial charge in [-0.15, -0.1) is 0 Å². The van der Waals surface area contributed by atoms with Gasteiger partial charge in [-0.3, -0.25) is 13.8 Å². The molecule has 0 atom stereocenters. The van der Waals surface area contributed by atoms with Gasteiger partial charge in [0.1, 0.15) is 6.54 Å². The van der Waals surface area contributed by atoms with Crippen LogP contribution in [0.2, 0.25) is 0 Å². The van der Waals surface area contributed by atoms with E-state index in [9.17, 15) is 21.6 Å². The molecule has 0 radical (unpaired) electrons. The summed E-state index contributed by atoms with van der Waals surface area (Å²) in [4.78, 5) is 13.2. The summed E-state index contributed by atoms with van der Waals surface area (Å²) < 4.78 is 56.8. The van der Waals surface area contributed by atoms with E-state index < -0.39 is 32.5 Å². The fourth-order valence-corrected chi connectivity index (χ4v) is 6.74. The Balaban J connectivity index is 1.56. The second-order valence-electron chi connectivity index (χ2n) is 9.54. The lowest BCUT2D eigenvalue weighted by molar-refractivity contribution is -0.114. The van der Waals surface area contributed by atoms with Crippen LogP contribution in [0.5, 0.6) is 0 Å². The summed E-state index contributed by atoms with van der Waals surface area (Å²) in [6, 6.07) is 24.4. The second-order valence-corrected chi connectivity index (χ2v) is 13.1. The van der Waals surface area contributed by atoms with Crippen LogP contribution in [0.3, 0.4) is 0 Å². The molecular weight excluding hydrogens is 546 g/mol. The first-order chi connectivity index (χ1) is 18.9. The summed E-state index contributed by atoms with van der Waals surface area (Å²) >= 11 is 0. The number of anilines is 3. The molecule has 8 nitrogen and oxygen atoms in total. The van der Waals surface area contributed by atoms with Crippen molar-refractivity contribution in [2.75, 3.05) is 20.9 Å². The van der Waals surface area contributed by atoms with Crippen molar-refractivity contribution in [3.05, 3.63) is 113 Å². The molecule has 4 rings (SSSR count). The molecule has 0 bridgehead atoms. The number of carbonyl (C=O) groups excluding carboxylic acids is 1. The number of nitrogens with zero attached hydrogens (tertiary/aromatic N) is 1. The molecule has 1 amide bonds. The minimum atomic E-state index is -4.06. The van der Waals surface area contributed by atoms with E-state index >= 15 is 0 Å². The quantitative estimate of drug-likeness (QED) is 0.271. The average Bonchev–Trinajstić information content (AvgIpc) is 2.92. The van der Waals surface area contributed by atoms with Crippen LogP contribution in [0.1, 0.15) is 22.3 Å². The van der Waals surface area contributed by atoms with Gasteiger partial charge in [-0.25, -0.2) is 16.8 Å². The van der Waals surface area contributed by atoms with Crippen LogP contribution < -0.4 is 14.3 Å². The highest BCUT2D eigenvalue weighted by Gasteiger charge is 2.28. The third-order valence-corrected chi connectivity index (χ3v) is 9.70. The fraction of sp³-hybridized carbons (Fsp3) is 0.167. The smallest absolute Gasteiger partial charge is 0.264 e. The number of amides is 1. The topological polar surface area (TPSA) is 113 Å². The Hall–Kier alpha value is -4.15. The molecular formula is C30H31N3O5S2. The van der Waals surface area contributed by atoms with Crippen LogP contribution in [-0.2, 0) is 24.8 Å². The Morgan fingerprint density at radius 3 is 2.08 bits per heavy atom. The minimum Gasteiger partial charge on any atom is -0.325 e. The predicted octanol–water partition coefficient (Wildman–Crippen LogP) is 5.56. The van der Waals surface area contributed by atoms with Gasteiger partial charge in [-0.05, 0) is 98.5 Å². The Kier molecular flexibility index (Phi) is 8.32. The number of benzene rings is 4. The van der Waals surface area contributed by atoms with E-state index in [1.54, 1.807) is 36.4 Å². The van der Waals surface area contributed by atoms with Crippen molar-refractivity contribution >= 4 is 43.0 Å².